The molecule has 2 heterocycles. The van der Waals surface area contributed by atoms with Crippen molar-refractivity contribution in [3.05, 3.63) is 54.5 Å². The minimum atomic E-state index is -1.04. The van der Waals surface area contributed by atoms with E-state index >= 15 is 0 Å². The van der Waals surface area contributed by atoms with Crippen molar-refractivity contribution in [2.75, 3.05) is 0 Å². The molecule has 100 valence electrons. The number of aromatic amines is 1. The molecule has 19 heavy (non-hydrogen) atoms. The first kappa shape index (κ1) is 12.7. The summed E-state index contributed by atoms with van der Waals surface area (Å²) in [6.07, 6.45) is 0.871. The van der Waals surface area contributed by atoms with Crippen LogP contribution in [-0.4, -0.2) is 19.5 Å². The standard InChI is InChI=1S/C10H10N4O5/c1-5-6(2)19-8(11-5)4-13-3-7(14(17)18)9(15)12-10(13)16/h3H,4H2,1-2H3,(H,12,15,16). The van der Waals surface area contributed by atoms with E-state index < -0.39 is 21.9 Å². The minimum Gasteiger partial charge on any atom is -0.444 e. The molecule has 0 aromatic carbocycles. The molecule has 9 heteroatoms. The Labute approximate surface area is 105 Å². The molecule has 0 amide bonds. The number of nitro groups is 1. The summed E-state index contributed by atoms with van der Waals surface area (Å²) in [4.78, 5) is 38.4. The van der Waals surface area contributed by atoms with E-state index in [9.17, 15) is 19.7 Å². The van der Waals surface area contributed by atoms with Crippen LogP contribution in [0.4, 0.5) is 5.69 Å². The summed E-state index contributed by atoms with van der Waals surface area (Å²) in [7, 11) is 0. The largest absolute Gasteiger partial charge is 0.444 e. The van der Waals surface area contributed by atoms with Crippen LogP contribution in [0.1, 0.15) is 17.3 Å². The van der Waals surface area contributed by atoms with E-state index in [4.69, 9.17) is 4.42 Å². The molecule has 9 nitrogen and oxygen atoms in total. The van der Waals surface area contributed by atoms with Gasteiger partial charge in [-0.3, -0.25) is 24.5 Å². The van der Waals surface area contributed by atoms with Crippen molar-refractivity contribution < 1.29 is 9.34 Å². The molecule has 2 aromatic rings. The zero-order valence-corrected chi connectivity index (χ0v) is 10.2. The van der Waals surface area contributed by atoms with Gasteiger partial charge in [-0.15, -0.1) is 0 Å². The lowest BCUT2D eigenvalue weighted by atomic mass is 10.4. The van der Waals surface area contributed by atoms with Crippen molar-refractivity contribution in [3.63, 3.8) is 0 Å². The van der Waals surface area contributed by atoms with Gasteiger partial charge in [0.25, 0.3) is 0 Å². The van der Waals surface area contributed by atoms with Crippen molar-refractivity contribution in [1.82, 2.24) is 14.5 Å². The second kappa shape index (κ2) is 4.52. The van der Waals surface area contributed by atoms with Crippen LogP contribution in [0.5, 0.6) is 0 Å². The van der Waals surface area contributed by atoms with E-state index in [1.165, 1.54) is 0 Å². The lowest BCUT2D eigenvalue weighted by Gasteiger charge is -2.00. The normalized spacial score (nSPS) is 10.6. The van der Waals surface area contributed by atoms with Crippen LogP contribution in [0, 0.1) is 24.0 Å². The first-order valence-electron chi connectivity index (χ1n) is 5.29. The maximum absolute atomic E-state index is 11.5. The Morgan fingerprint density at radius 3 is 2.68 bits per heavy atom. The van der Waals surface area contributed by atoms with Gasteiger partial charge in [0.15, 0.2) is 0 Å². The topological polar surface area (TPSA) is 124 Å². The second-order valence-corrected chi connectivity index (χ2v) is 3.91. The van der Waals surface area contributed by atoms with Gasteiger partial charge >= 0.3 is 16.9 Å². The van der Waals surface area contributed by atoms with Crippen molar-refractivity contribution in [2.45, 2.75) is 20.4 Å². The van der Waals surface area contributed by atoms with E-state index in [0.717, 1.165) is 10.8 Å². The molecule has 0 spiro atoms. The van der Waals surface area contributed by atoms with Crippen LogP contribution >= 0.6 is 0 Å². The smallest absolute Gasteiger partial charge is 0.350 e. The molecule has 0 radical (unpaired) electrons. The number of hydrogen-bond donors (Lipinski definition) is 1. The van der Waals surface area contributed by atoms with E-state index in [2.05, 4.69) is 4.98 Å². The maximum Gasteiger partial charge on any atom is 0.350 e. The average molecular weight is 266 g/mol. The average Bonchev–Trinajstić information content (AvgIpc) is 2.61. The Morgan fingerprint density at radius 1 is 1.47 bits per heavy atom. The number of aromatic nitrogens is 3. The highest BCUT2D eigenvalue weighted by Crippen LogP contribution is 2.09. The Kier molecular flexibility index (Phi) is 3.03. The SMILES string of the molecule is Cc1nc(Cn2cc([N+](=O)[O-])c(=O)[nH]c2=O)oc1C. The molecule has 0 aliphatic carbocycles. The number of H-pyrrole nitrogens is 1. The number of nitrogens with zero attached hydrogens (tertiary/aromatic N) is 3. The third kappa shape index (κ3) is 2.44. The molecule has 0 aliphatic heterocycles. The zero-order valence-electron chi connectivity index (χ0n) is 10.2. The number of oxazole rings is 1. The van der Waals surface area contributed by atoms with Crippen molar-refractivity contribution in [2.24, 2.45) is 0 Å². The maximum atomic E-state index is 11.5. The molecule has 0 saturated heterocycles. The van der Waals surface area contributed by atoms with Crippen LogP contribution in [-0.2, 0) is 6.54 Å². The summed E-state index contributed by atoms with van der Waals surface area (Å²) >= 11 is 0. The third-order valence-corrected chi connectivity index (χ3v) is 2.57. The molecular weight excluding hydrogens is 256 g/mol. The number of nitrogens with one attached hydrogen (secondary N) is 1. The van der Waals surface area contributed by atoms with Gasteiger partial charge in [0, 0.05) is 0 Å². The number of hydrogen-bond acceptors (Lipinski definition) is 6. The number of rotatable bonds is 3. The Hall–Kier alpha value is -2.71. The van der Waals surface area contributed by atoms with E-state index in [-0.39, 0.29) is 12.4 Å². The van der Waals surface area contributed by atoms with Crippen LogP contribution < -0.4 is 11.2 Å². The summed E-state index contributed by atoms with van der Waals surface area (Å²) in [6.45, 7) is 3.36. The molecule has 2 aromatic heterocycles. The highest BCUT2D eigenvalue weighted by molar-refractivity contribution is 5.21. The Balaban J connectivity index is 2.45. The van der Waals surface area contributed by atoms with Crippen LogP contribution in [0.2, 0.25) is 0 Å². The predicted molar refractivity (Wildman–Crippen MR) is 63.1 cm³/mol. The van der Waals surface area contributed by atoms with Crippen molar-refractivity contribution >= 4 is 5.69 Å². The second-order valence-electron chi connectivity index (χ2n) is 3.91. The molecule has 0 fully saturated rings. The van der Waals surface area contributed by atoms with Crippen LogP contribution in [0.25, 0.3) is 0 Å². The highest BCUT2D eigenvalue weighted by Gasteiger charge is 2.16. The Morgan fingerprint density at radius 2 is 2.16 bits per heavy atom. The summed E-state index contributed by atoms with van der Waals surface area (Å²) in [5.74, 6) is 0.834. The molecule has 1 N–H and O–H groups in total. The van der Waals surface area contributed by atoms with Gasteiger partial charge in [0.05, 0.1) is 16.8 Å². The van der Waals surface area contributed by atoms with Gasteiger partial charge in [0.2, 0.25) is 5.89 Å². The summed E-state index contributed by atoms with van der Waals surface area (Å²) in [5.41, 5.74) is -1.84. The van der Waals surface area contributed by atoms with E-state index in [0.29, 0.717) is 11.5 Å². The van der Waals surface area contributed by atoms with Crippen LogP contribution in [0.15, 0.2) is 20.2 Å². The molecule has 0 unspecified atom stereocenters. The fourth-order valence-electron chi connectivity index (χ4n) is 1.50. The zero-order chi connectivity index (χ0) is 14.2. The van der Waals surface area contributed by atoms with Gasteiger partial charge in [-0.05, 0) is 13.8 Å². The quantitative estimate of drug-likeness (QED) is 0.620. The summed E-state index contributed by atoms with van der Waals surface area (Å²) in [6, 6.07) is 0. The highest BCUT2D eigenvalue weighted by atomic mass is 16.6. The number of aryl methyl sites for hydroxylation is 2. The first-order chi connectivity index (χ1) is 8.88. The Bertz CT molecular complexity index is 735. The minimum absolute atomic E-state index is 0.0921. The monoisotopic (exact) mass is 266 g/mol. The van der Waals surface area contributed by atoms with Gasteiger partial charge in [0.1, 0.15) is 12.3 Å². The van der Waals surface area contributed by atoms with E-state index in [1.807, 2.05) is 4.98 Å². The van der Waals surface area contributed by atoms with Gasteiger partial charge in [-0.1, -0.05) is 0 Å². The van der Waals surface area contributed by atoms with Crippen molar-refractivity contribution in [1.29, 1.82) is 0 Å². The first-order valence-corrected chi connectivity index (χ1v) is 5.29. The fourth-order valence-corrected chi connectivity index (χ4v) is 1.50. The molecule has 0 aliphatic rings. The molecule has 0 atom stereocenters. The molecular formula is C10H10N4O5. The third-order valence-electron chi connectivity index (χ3n) is 2.57. The molecule has 0 bridgehead atoms. The van der Waals surface area contributed by atoms with Crippen molar-refractivity contribution in [3.8, 4) is 0 Å². The van der Waals surface area contributed by atoms with Crippen LogP contribution in [0.3, 0.4) is 0 Å². The lowest BCUT2D eigenvalue weighted by Crippen LogP contribution is -2.31. The molecule has 2 rings (SSSR count). The lowest BCUT2D eigenvalue weighted by molar-refractivity contribution is -0.386. The van der Waals surface area contributed by atoms with E-state index in [1.54, 1.807) is 13.8 Å². The molecule has 0 saturated carbocycles. The van der Waals surface area contributed by atoms with Gasteiger partial charge in [-0.2, -0.15) is 0 Å². The summed E-state index contributed by atoms with van der Waals surface area (Å²) in [5, 5.41) is 10.6. The fraction of sp³-hybridized carbons (Fsp3) is 0.300. The van der Waals surface area contributed by atoms with Gasteiger partial charge < -0.3 is 4.42 Å². The predicted octanol–water partition coefficient (Wildman–Crippen LogP) is 0.0979. The van der Waals surface area contributed by atoms with Gasteiger partial charge in [-0.25, -0.2) is 9.78 Å². The summed E-state index contributed by atoms with van der Waals surface area (Å²) < 4.78 is 6.23.